The average Bonchev–Trinajstić information content (AvgIpc) is 3.11. The van der Waals surface area contributed by atoms with Gasteiger partial charge in [0.2, 0.25) is 5.91 Å². The largest absolute Gasteiger partial charge is 0.388 e. The van der Waals surface area contributed by atoms with E-state index in [1.807, 2.05) is 54.7 Å². The van der Waals surface area contributed by atoms with Gasteiger partial charge >= 0.3 is 0 Å². The van der Waals surface area contributed by atoms with Crippen LogP contribution in [0, 0.1) is 0 Å². The summed E-state index contributed by atoms with van der Waals surface area (Å²) >= 11 is 0. The lowest BCUT2D eigenvalue weighted by molar-refractivity contribution is -0.118. The second-order valence-corrected chi connectivity index (χ2v) is 5.18. The molecule has 2 aromatic carbocycles. The summed E-state index contributed by atoms with van der Waals surface area (Å²) < 4.78 is 1.74. The van der Waals surface area contributed by atoms with E-state index in [0.717, 1.165) is 11.3 Å². The Bertz CT molecular complexity index is 753. The minimum atomic E-state index is -0.806. The van der Waals surface area contributed by atoms with Crippen LogP contribution in [0.5, 0.6) is 0 Å². The third-order valence-electron chi connectivity index (χ3n) is 3.48. The van der Waals surface area contributed by atoms with Crippen LogP contribution in [0.2, 0.25) is 0 Å². The fourth-order valence-corrected chi connectivity index (χ4v) is 2.30. The van der Waals surface area contributed by atoms with Gasteiger partial charge in [0.15, 0.2) is 0 Å². The highest BCUT2D eigenvalue weighted by Gasteiger charge is 2.12. The molecule has 1 unspecified atom stereocenters. The zero-order valence-electron chi connectivity index (χ0n) is 12.5. The lowest BCUT2D eigenvalue weighted by Gasteiger charge is -2.11. The maximum absolute atomic E-state index is 12.0. The van der Waals surface area contributed by atoms with Crippen LogP contribution in [0.25, 0.3) is 5.69 Å². The molecule has 0 bridgehead atoms. The molecule has 0 saturated carbocycles. The fraction of sp³-hybridized carbons (Fsp3) is 0.111. The molecule has 0 aliphatic rings. The standard InChI is InChI=1S/C18H17N3O2/c22-17(14-5-2-1-3-6-14)13-18(23)20-15-7-9-16(10-8-15)21-12-4-11-19-21/h1-12,17,22H,13H2,(H,20,23). The lowest BCUT2D eigenvalue weighted by atomic mass is 10.1. The molecular weight excluding hydrogens is 290 g/mol. The van der Waals surface area contributed by atoms with Crippen molar-refractivity contribution >= 4 is 11.6 Å². The molecule has 5 heteroatoms. The molecule has 1 amide bonds. The van der Waals surface area contributed by atoms with Gasteiger partial charge in [-0.05, 0) is 35.9 Å². The molecular formula is C18H17N3O2. The van der Waals surface area contributed by atoms with Crippen LogP contribution >= 0.6 is 0 Å². The van der Waals surface area contributed by atoms with Gasteiger partial charge in [0.25, 0.3) is 0 Å². The minimum Gasteiger partial charge on any atom is -0.388 e. The molecule has 0 fully saturated rings. The Morgan fingerprint density at radius 3 is 2.48 bits per heavy atom. The van der Waals surface area contributed by atoms with Crippen molar-refractivity contribution in [3.8, 4) is 5.69 Å². The number of carbonyl (C=O) groups is 1. The summed E-state index contributed by atoms with van der Waals surface area (Å²) in [6.07, 6.45) is 2.77. The fourth-order valence-electron chi connectivity index (χ4n) is 2.30. The molecule has 0 saturated heterocycles. The SMILES string of the molecule is O=C(CC(O)c1ccccc1)Nc1ccc(-n2cccn2)cc1. The van der Waals surface area contributed by atoms with Gasteiger partial charge in [0, 0.05) is 18.1 Å². The number of aliphatic hydroxyl groups is 1. The van der Waals surface area contributed by atoms with E-state index in [1.54, 1.807) is 23.0 Å². The molecule has 0 radical (unpaired) electrons. The Morgan fingerprint density at radius 1 is 1.09 bits per heavy atom. The quantitative estimate of drug-likeness (QED) is 0.761. The topological polar surface area (TPSA) is 67.2 Å². The normalized spacial score (nSPS) is 11.9. The van der Waals surface area contributed by atoms with Crippen molar-refractivity contribution in [2.45, 2.75) is 12.5 Å². The van der Waals surface area contributed by atoms with E-state index < -0.39 is 6.10 Å². The molecule has 0 aliphatic carbocycles. The van der Waals surface area contributed by atoms with Gasteiger partial charge in [-0.25, -0.2) is 4.68 Å². The molecule has 5 nitrogen and oxygen atoms in total. The molecule has 2 N–H and O–H groups in total. The molecule has 23 heavy (non-hydrogen) atoms. The summed E-state index contributed by atoms with van der Waals surface area (Å²) in [6.45, 7) is 0. The molecule has 3 aromatic rings. The molecule has 3 rings (SSSR count). The van der Waals surface area contributed by atoms with Crippen LogP contribution < -0.4 is 5.32 Å². The third-order valence-corrected chi connectivity index (χ3v) is 3.48. The van der Waals surface area contributed by atoms with Crippen molar-refractivity contribution < 1.29 is 9.90 Å². The van der Waals surface area contributed by atoms with E-state index in [-0.39, 0.29) is 12.3 Å². The average molecular weight is 307 g/mol. The Morgan fingerprint density at radius 2 is 1.83 bits per heavy atom. The molecule has 1 atom stereocenters. The third kappa shape index (κ3) is 3.84. The van der Waals surface area contributed by atoms with Crippen LogP contribution in [0.15, 0.2) is 73.1 Å². The number of benzene rings is 2. The van der Waals surface area contributed by atoms with Gasteiger partial charge in [0.05, 0.1) is 18.2 Å². The summed E-state index contributed by atoms with van der Waals surface area (Å²) in [7, 11) is 0. The van der Waals surface area contributed by atoms with Gasteiger partial charge in [-0.1, -0.05) is 30.3 Å². The van der Waals surface area contributed by atoms with Crippen molar-refractivity contribution in [1.29, 1.82) is 0 Å². The summed E-state index contributed by atoms with van der Waals surface area (Å²) in [6, 6.07) is 18.4. The van der Waals surface area contributed by atoms with E-state index in [1.165, 1.54) is 0 Å². The zero-order valence-corrected chi connectivity index (χ0v) is 12.5. The first kappa shape index (κ1) is 15.0. The Balaban J connectivity index is 1.60. The first-order valence-corrected chi connectivity index (χ1v) is 7.35. The van der Waals surface area contributed by atoms with E-state index in [9.17, 15) is 9.90 Å². The van der Waals surface area contributed by atoms with E-state index in [0.29, 0.717) is 5.69 Å². The molecule has 1 heterocycles. The summed E-state index contributed by atoms with van der Waals surface area (Å²) in [5, 5.41) is 17.0. The van der Waals surface area contributed by atoms with Gasteiger partial charge in [-0.15, -0.1) is 0 Å². The Hall–Kier alpha value is -2.92. The highest BCUT2D eigenvalue weighted by molar-refractivity contribution is 5.91. The van der Waals surface area contributed by atoms with Gasteiger partial charge in [-0.3, -0.25) is 4.79 Å². The Labute approximate surface area is 134 Å². The number of rotatable bonds is 5. The predicted octanol–water partition coefficient (Wildman–Crippen LogP) is 2.93. The van der Waals surface area contributed by atoms with E-state index in [4.69, 9.17) is 0 Å². The van der Waals surface area contributed by atoms with Gasteiger partial charge < -0.3 is 10.4 Å². The second kappa shape index (κ2) is 6.89. The van der Waals surface area contributed by atoms with Crippen LogP contribution in [-0.2, 0) is 4.79 Å². The maximum atomic E-state index is 12.0. The maximum Gasteiger partial charge on any atom is 0.227 e. The van der Waals surface area contributed by atoms with Gasteiger partial charge in [0.1, 0.15) is 0 Å². The van der Waals surface area contributed by atoms with Crippen molar-refractivity contribution in [3.05, 3.63) is 78.6 Å². The van der Waals surface area contributed by atoms with Crippen molar-refractivity contribution in [1.82, 2.24) is 9.78 Å². The first-order chi connectivity index (χ1) is 11.2. The number of hydrogen-bond donors (Lipinski definition) is 2. The second-order valence-electron chi connectivity index (χ2n) is 5.18. The smallest absolute Gasteiger partial charge is 0.227 e. The van der Waals surface area contributed by atoms with Crippen LogP contribution in [0.4, 0.5) is 5.69 Å². The van der Waals surface area contributed by atoms with Gasteiger partial charge in [-0.2, -0.15) is 5.10 Å². The van der Waals surface area contributed by atoms with E-state index >= 15 is 0 Å². The number of hydrogen-bond acceptors (Lipinski definition) is 3. The molecule has 0 aliphatic heterocycles. The monoisotopic (exact) mass is 307 g/mol. The zero-order chi connectivity index (χ0) is 16.1. The van der Waals surface area contributed by atoms with Crippen molar-refractivity contribution in [2.75, 3.05) is 5.32 Å². The molecule has 0 spiro atoms. The molecule has 1 aromatic heterocycles. The van der Waals surface area contributed by atoms with Crippen LogP contribution in [0.1, 0.15) is 18.1 Å². The van der Waals surface area contributed by atoms with Crippen molar-refractivity contribution in [2.24, 2.45) is 0 Å². The highest BCUT2D eigenvalue weighted by atomic mass is 16.3. The van der Waals surface area contributed by atoms with Crippen LogP contribution in [0.3, 0.4) is 0 Å². The summed E-state index contributed by atoms with van der Waals surface area (Å²) in [5.41, 5.74) is 2.33. The number of nitrogens with one attached hydrogen (secondary N) is 1. The van der Waals surface area contributed by atoms with E-state index in [2.05, 4.69) is 10.4 Å². The predicted molar refractivity (Wildman–Crippen MR) is 88.2 cm³/mol. The lowest BCUT2D eigenvalue weighted by Crippen LogP contribution is -2.15. The number of aromatic nitrogens is 2. The Kier molecular flexibility index (Phi) is 4.49. The molecule has 116 valence electrons. The van der Waals surface area contributed by atoms with Crippen molar-refractivity contribution in [3.63, 3.8) is 0 Å². The number of anilines is 1. The number of carbonyl (C=O) groups excluding carboxylic acids is 1. The number of aliphatic hydroxyl groups excluding tert-OH is 1. The number of amides is 1. The first-order valence-electron chi connectivity index (χ1n) is 7.35. The number of nitrogens with zero attached hydrogens (tertiary/aromatic N) is 2. The summed E-state index contributed by atoms with van der Waals surface area (Å²) in [5.74, 6) is -0.229. The van der Waals surface area contributed by atoms with Crippen LogP contribution in [-0.4, -0.2) is 20.8 Å². The highest BCUT2D eigenvalue weighted by Crippen LogP contribution is 2.18. The minimum absolute atomic E-state index is 0.0188. The summed E-state index contributed by atoms with van der Waals surface area (Å²) in [4.78, 5) is 12.0.